The number of anilines is 1. The molecule has 0 saturated carbocycles. The molecule has 2 aliphatic rings. The number of carboxylic acids is 1. The number of aromatic nitrogens is 1. The van der Waals surface area contributed by atoms with Gasteiger partial charge < -0.3 is 14.8 Å². The van der Waals surface area contributed by atoms with Crippen LogP contribution in [0.4, 0.5) is 5.69 Å². The van der Waals surface area contributed by atoms with E-state index in [2.05, 4.69) is 26.2 Å². The molecule has 40 heavy (non-hydrogen) atoms. The van der Waals surface area contributed by atoms with Gasteiger partial charge in [0.25, 0.3) is 0 Å². The first-order valence-electron chi connectivity index (χ1n) is 12.7. The number of aryl methyl sites for hydroxylation is 1. The van der Waals surface area contributed by atoms with Crippen molar-refractivity contribution >= 4 is 61.9 Å². The van der Waals surface area contributed by atoms with Gasteiger partial charge in [0.05, 0.1) is 24.6 Å². The van der Waals surface area contributed by atoms with E-state index in [0.717, 1.165) is 31.4 Å². The maximum atomic E-state index is 14.2. The maximum absolute atomic E-state index is 14.2. The highest BCUT2D eigenvalue weighted by atomic mass is 79.9. The number of nitrogens with one attached hydrogen (secondary N) is 2. The number of aromatic amines is 1. The summed E-state index contributed by atoms with van der Waals surface area (Å²) in [7, 11) is 1.51. The number of ether oxygens (including phenoxy) is 1. The highest BCUT2D eigenvalue weighted by Crippen LogP contribution is 2.53. The zero-order chi connectivity index (χ0) is 28.3. The Morgan fingerprint density at radius 1 is 1.12 bits per heavy atom. The lowest BCUT2D eigenvalue weighted by atomic mass is 9.76. The van der Waals surface area contributed by atoms with Gasteiger partial charge in [-0.05, 0) is 54.4 Å². The number of H-pyrrole nitrogens is 1. The molecule has 204 valence electrons. The van der Waals surface area contributed by atoms with Crippen molar-refractivity contribution in [1.82, 2.24) is 10.3 Å². The van der Waals surface area contributed by atoms with E-state index in [1.165, 1.54) is 7.11 Å². The van der Waals surface area contributed by atoms with Gasteiger partial charge in [-0.3, -0.25) is 19.7 Å². The van der Waals surface area contributed by atoms with Gasteiger partial charge in [-0.2, -0.15) is 0 Å². The molecule has 0 spiro atoms. The number of carbonyl (C=O) groups excluding carboxylic acids is 2. The molecule has 4 unspecified atom stereocenters. The maximum Gasteiger partial charge on any atom is 0.325 e. The molecule has 2 saturated heterocycles. The molecule has 0 radical (unpaired) electrons. The van der Waals surface area contributed by atoms with Crippen LogP contribution in [0, 0.1) is 18.8 Å². The van der Waals surface area contributed by atoms with E-state index < -0.39 is 41.2 Å². The molecular formula is C30H25BrClN3O5. The minimum atomic E-state index is -1.79. The summed E-state index contributed by atoms with van der Waals surface area (Å²) in [4.78, 5) is 46.0. The lowest BCUT2D eigenvalue weighted by Gasteiger charge is -2.31. The normalized spacial score (nSPS) is 24.1. The predicted octanol–water partition coefficient (Wildman–Crippen LogP) is 5.42. The Morgan fingerprint density at radius 2 is 1.90 bits per heavy atom. The van der Waals surface area contributed by atoms with Crippen molar-refractivity contribution in [2.75, 3.05) is 12.0 Å². The Labute approximate surface area is 243 Å². The number of carbonyl (C=O) groups is 3. The highest BCUT2D eigenvalue weighted by Gasteiger charge is 2.69. The Hall–Kier alpha value is -3.66. The smallest absolute Gasteiger partial charge is 0.325 e. The third-order valence-corrected chi connectivity index (χ3v) is 9.02. The number of halogens is 2. The number of imide groups is 1. The van der Waals surface area contributed by atoms with Crippen LogP contribution in [-0.2, 0) is 20.8 Å². The van der Waals surface area contributed by atoms with Crippen LogP contribution in [0.3, 0.4) is 0 Å². The molecular weight excluding hydrogens is 598 g/mol. The minimum Gasteiger partial charge on any atom is -0.496 e. The third-order valence-electron chi connectivity index (χ3n) is 8.12. The van der Waals surface area contributed by atoms with Gasteiger partial charge in [0.15, 0.2) is 0 Å². The van der Waals surface area contributed by atoms with E-state index in [9.17, 15) is 19.5 Å². The van der Waals surface area contributed by atoms with E-state index in [1.54, 1.807) is 42.6 Å². The first-order valence-corrected chi connectivity index (χ1v) is 13.9. The van der Waals surface area contributed by atoms with Gasteiger partial charge in [0.1, 0.15) is 11.3 Å². The van der Waals surface area contributed by atoms with Crippen molar-refractivity contribution in [2.24, 2.45) is 11.8 Å². The van der Waals surface area contributed by atoms with Gasteiger partial charge in [-0.25, -0.2) is 4.90 Å². The number of carboxylic acid groups (broad SMARTS) is 1. The second-order valence-corrected chi connectivity index (χ2v) is 11.6. The molecule has 0 bridgehead atoms. The highest BCUT2D eigenvalue weighted by molar-refractivity contribution is 9.10. The van der Waals surface area contributed by atoms with Crippen molar-refractivity contribution in [1.29, 1.82) is 0 Å². The van der Waals surface area contributed by atoms with Crippen LogP contribution in [0.15, 0.2) is 71.3 Å². The number of aliphatic carboxylic acids is 1. The summed E-state index contributed by atoms with van der Waals surface area (Å²) in [5.74, 6) is -4.01. The molecule has 0 aliphatic carbocycles. The van der Waals surface area contributed by atoms with Crippen molar-refractivity contribution in [3.8, 4) is 5.75 Å². The fourth-order valence-electron chi connectivity index (χ4n) is 6.21. The second-order valence-electron chi connectivity index (χ2n) is 10.3. The monoisotopic (exact) mass is 621 g/mol. The fraction of sp³-hybridized carbons (Fsp3) is 0.233. The lowest BCUT2D eigenvalue weighted by molar-refractivity contribution is -0.148. The molecule has 4 atom stereocenters. The zero-order valence-corrected chi connectivity index (χ0v) is 23.9. The second kappa shape index (κ2) is 9.76. The number of methoxy groups -OCH3 is 1. The summed E-state index contributed by atoms with van der Waals surface area (Å²) in [5, 5.41) is 15.4. The molecule has 8 nitrogen and oxygen atoms in total. The Kier molecular flexibility index (Phi) is 6.48. The topological polar surface area (TPSA) is 112 Å². The number of hydrogen-bond donors (Lipinski definition) is 3. The van der Waals surface area contributed by atoms with Crippen LogP contribution in [-0.4, -0.2) is 40.5 Å². The molecule has 2 aliphatic heterocycles. The Balaban J connectivity index is 1.54. The third kappa shape index (κ3) is 3.95. The van der Waals surface area contributed by atoms with E-state index in [4.69, 9.17) is 16.3 Å². The summed E-state index contributed by atoms with van der Waals surface area (Å²) in [6, 6.07) is 17.0. The molecule has 3 heterocycles. The van der Waals surface area contributed by atoms with E-state index in [1.807, 2.05) is 31.2 Å². The van der Waals surface area contributed by atoms with Crippen LogP contribution in [0.25, 0.3) is 10.9 Å². The summed E-state index contributed by atoms with van der Waals surface area (Å²) < 4.78 is 6.34. The van der Waals surface area contributed by atoms with Gasteiger partial charge in [0, 0.05) is 44.6 Å². The molecule has 2 fully saturated rings. The van der Waals surface area contributed by atoms with Crippen LogP contribution in [0.1, 0.15) is 22.7 Å². The number of benzene rings is 3. The Bertz CT molecular complexity index is 1700. The standard InChI is InChI=1S/C30H25BrClN3O5/c1-15-7-9-18(12-21(15)32)35-27(36)24-25(28(35)37)30(29(38)39,13-16-14-33-22-6-4-3-5-19(16)22)34-26(24)20-11-17(31)8-10-23(20)40-2/h3-12,14,24-26,33-34H,13H2,1-2H3,(H,38,39). The molecule has 6 rings (SSSR count). The zero-order valence-electron chi connectivity index (χ0n) is 21.6. The Morgan fingerprint density at radius 3 is 2.62 bits per heavy atom. The number of hydrogen-bond acceptors (Lipinski definition) is 5. The predicted molar refractivity (Wildman–Crippen MR) is 155 cm³/mol. The average molecular weight is 623 g/mol. The van der Waals surface area contributed by atoms with E-state index in [-0.39, 0.29) is 6.42 Å². The minimum absolute atomic E-state index is 0.0259. The van der Waals surface area contributed by atoms with Crippen molar-refractivity contribution in [3.05, 3.63) is 93.0 Å². The van der Waals surface area contributed by atoms with Crippen LogP contribution < -0.4 is 15.0 Å². The summed E-state index contributed by atoms with van der Waals surface area (Å²) in [5.41, 5.74) is 1.47. The van der Waals surface area contributed by atoms with E-state index in [0.29, 0.717) is 22.0 Å². The SMILES string of the molecule is COc1ccc(Br)cc1C1NC(Cc2c[nH]c3ccccc23)(C(=O)O)C2C(=O)N(c3ccc(C)c(Cl)c3)C(=O)C12. The van der Waals surface area contributed by atoms with Gasteiger partial charge in [0.2, 0.25) is 11.8 Å². The van der Waals surface area contributed by atoms with Crippen molar-refractivity contribution in [3.63, 3.8) is 0 Å². The first kappa shape index (κ1) is 26.6. The van der Waals surface area contributed by atoms with E-state index >= 15 is 0 Å². The molecule has 3 N–H and O–H groups in total. The molecule has 3 aromatic carbocycles. The average Bonchev–Trinajstić information content (AvgIpc) is 3.58. The van der Waals surface area contributed by atoms with Crippen LogP contribution in [0.5, 0.6) is 5.75 Å². The number of rotatable bonds is 6. The van der Waals surface area contributed by atoms with Crippen molar-refractivity contribution < 1.29 is 24.2 Å². The number of nitrogens with zero attached hydrogens (tertiary/aromatic N) is 1. The summed E-state index contributed by atoms with van der Waals surface area (Å²) in [6.07, 6.45) is 1.74. The largest absolute Gasteiger partial charge is 0.496 e. The van der Waals surface area contributed by atoms with Gasteiger partial charge >= 0.3 is 5.97 Å². The van der Waals surface area contributed by atoms with Gasteiger partial charge in [-0.15, -0.1) is 0 Å². The quantitative estimate of drug-likeness (QED) is 0.248. The lowest BCUT2D eigenvalue weighted by Crippen LogP contribution is -2.57. The summed E-state index contributed by atoms with van der Waals surface area (Å²) in [6.45, 7) is 1.82. The number of amides is 2. The first-order chi connectivity index (χ1) is 19.2. The number of fused-ring (bicyclic) bond motifs is 2. The molecule has 10 heteroatoms. The van der Waals surface area contributed by atoms with Crippen LogP contribution in [0.2, 0.25) is 5.02 Å². The molecule has 1 aromatic heterocycles. The number of para-hydroxylation sites is 1. The summed E-state index contributed by atoms with van der Waals surface area (Å²) >= 11 is 9.85. The van der Waals surface area contributed by atoms with Crippen molar-refractivity contribution in [2.45, 2.75) is 24.9 Å². The fourth-order valence-corrected chi connectivity index (χ4v) is 6.76. The molecule has 2 amide bonds. The molecule has 4 aromatic rings. The van der Waals surface area contributed by atoms with Gasteiger partial charge in [-0.1, -0.05) is 51.8 Å². The van der Waals surface area contributed by atoms with Crippen LogP contribution >= 0.6 is 27.5 Å².